The van der Waals surface area contributed by atoms with Gasteiger partial charge in [0, 0.05) is 17.4 Å². The predicted octanol–water partition coefficient (Wildman–Crippen LogP) is 6.93. The Morgan fingerprint density at radius 3 is 2.40 bits per heavy atom. The van der Waals surface area contributed by atoms with Crippen molar-refractivity contribution in [3.63, 3.8) is 0 Å². The van der Waals surface area contributed by atoms with Gasteiger partial charge in [0.2, 0.25) is 0 Å². The van der Waals surface area contributed by atoms with Crippen LogP contribution in [0.3, 0.4) is 0 Å². The summed E-state index contributed by atoms with van der Waals surface area (Å²) in [4.78, 5) is 28.2. The van der Waals surface area contributed by atoms with Crippen molar-refractivity contribution in [2.45, 2.75) is 98.1 Å². The molecule has 0 radical (unpaired) electrons. The van der Waals surface area contributed by atoms with Crippen molar-refractivity contribution in [2.24, 2.45) is 39.9 Å². The number of carbonyl (C=O) groups excluding carboxylic acids is 2. The number of benzene rings is 1. The summed E-state index contributed by atoms with van der Waals surface area (Å²) >= 11 is 0. The summed E-state index contributed by atoms with van der Waals surface area (Å²) in [5.41, 5.74) is 2.13. The highest BCUT2D eigenvalue weighted by atomic mass is 16.6. The molecule has 1 spiro atoms. The van der Waals surface area contributed by atoms with E-state index in [4.69, 9.17) is 4.74 Å². The number of fused-ring (bicyclic) bond motifs is 5. The molecule has 1 aromatic carbocycles. The Kier molecular flexibility index (Phi) is 5.10. The van der Waals surface area contributed by atoms with Crippen LogP contribution in [0.1, 0.15) is 90.2 Å². The number of rotatable bonds is 2. The van der Waals surface area contributed by atoms with E-state index in [-0.39, 0.29) is 22.5 Å². The van der Waals surface area contributed by atoms with Crippen LogP contribution in [0.2, 0.25) is 0 Å². The van der Waals surface area contributed by atoms with E-state index < -0.39 is 0 Å². The van der Waals surface area contributed by atoms with Crippen LogP contribution in [0.5, 0.6) is 0 Å². The number of amides is 1. The predicted molar refractivity (Wildman–Crippen MR) is 137 cm³/mol. The Balaban J connectivity index is 1.18. The van der Waals surface area contributed by atoms with Gasteiger partial charge in [-0.2, -0.15) is 0 Å². The van der Waals surface area contributed by atoms with E-state index in [2.05, 4.69) is 58.9 Å². The summed E-state index contributed by atoms with van der Waals surface area (Å²) in [7, 11) is 0. The molecule has 35 heavy (non-hydrogen) atoms. The quantitative estimate of drug-likeness (QED) is 0.464. The van der Waals surface area contributed by atoms with Crippen LogP contribution in [-0.2, 0) is 16.1 Å². The maximum Gasteiger partial charge on any atom is 0.410 e. The Bertz CT molecular complexity index is 1050. The Morgan fingerprint density at radius 1 is 0.914 bits per heavy atom. The molecule has 5 aliphatic rings. The highest BCUT2D eigenvalue weighted by Crippen LogP contribution is 2.68. The van der Waals surface area contributed by atoms with Gasteiger partial charge in [-0.1, -0.05) is 57.5 Å². The first kappa shape index (κ1) is 23.6. The molecule has 4 unspecified atom stereocenters. The first-order valence-electron chi connectivity index (χ1n) is 14.0. The average molecular weight is 478 g/mol. The van der Waals surface area contributed by atoms with Gasteiger partial charge in [-0.05, 0) is 92.9 Å². The van der Waals surface area contributed by atoms with Crippen molar-refractivity contribution in [1.82, 2.24) is 4.90 Å². The first-order chi connectivity index (χ1) is 16.5. The number of hydrogen-bond donors (Lipinski definition) is 0. The van der Waals surface area contributed by atoms with Gasteiger partial charge in [0.15, 0.2) is 0 Å². The molecule has 4 saturated carbocycles. The molecular weight excluding hydrogens is 434 g/mol. The smallest absolute Gasteiger partial charge is 0.410 e. The molecule has 0 aromatic heterocycles. The summed E-state index contributed by atoms with van der Waals surface area (Å²) in [6.45, 7) is 12.7. The SMILES string of the molecule is Cc1ccc(CN2C[C@]3(CC[C@@]4(C)C(CCC5C4CC[C@]4(C)C(=O)C(C)(C)CC54)C3)OC2=O)cc1. The standard InChI is InChI=1S/C31H43NO3/c1-20-6-8-21(9-7-20)18-32-19-31(35-27(32)34)15-14-29(4)22(16-31)10-11-23-24(29)12-13-30(5)25(23)17-28(2,3)26(30)33/h6-9,22-25H,10-19H2,1-5H3/t22?,23?,24?,25?,29-,30-,31+/m0/s1. The highest BCUT2D eigenvalue weighted by Gasteiger charge is 2.65. The minimum absolute atomic E-state index is 0.110. The molecule has 4 aliphatic carbocycles. The number of hydrogen-bond acceptors (Lipinski definition) is 3. The molecule has 1 aromatic rings. The van der Waals surface area contributed by atoms with Gasteiger partial charge in [0.05, 0.1) is 6.54 Å². The summed E-state index contributed by atoms with van der Waals surface area (Å²) in [6.07, 6.45) is 8.78. The summed E-state index contributed by atoms with van der Waals surface area (Å²) < 4.78 is 6.20. The average Bonchev–Trinajstić information content (AvgIpc) is 3.21. The third-order valence-corrected chi connectivity index (χ3v) is 11.6. The maximum atomic E-state index is 13.3. The molecule has 4 nitrogen and oxygen atoms in total. The van der Waals surface area contributed by atoms with Crippen molar-refractivity contribution >= 4 is 11.9 Å². The van der Waals surface area contributed by atoms with Crippen LogP contribution < -0.4 is 0 Å². The summed E-state index contributed by atoms with van der Waals surface area (Å²) in [5.74, 6) is 3.07. The summed E-state index contributed by atoms with van der Waals surface area (Å²) in [6, 6.07) is 8.48. The Hall–Kier alpha value is -1.84. The topological polar surface area (TPSA) is 46.6 Å². The molecule has 6 rings (SSSR count). The zero-order chi connectivity index (χ0) is 24.8. The van der Waals surface area contributed by atoms with Gasteiger partial charge in [0.25, 0.3) is 0 Å². The zero-order valence-corrected chi connectivity index (χ0v) is 22.4. The number of ether oxygens (including phenoxy) is 1. The van der Waals surface area contributed by atoms with Crippen molar-refractivity contribution < 1.29 is 14.3 Å². The number of aryl methyl sites for hydroxylation is 1. The van der Waals surface area contributed by atoms with Crippen molar-refractivity contribution in [3.05, 3.63) is 35.4 Å². The molecule has 4 heteroatoms. The van der Waals surface area contributed by atoms with E-state index in [1.165, 1.54) is 30.4 Å². The molecule has 1 heterocycles. The second kappa shape index (κ2) is 7.59. The van der Waals surface area contributed by atoms with E-state index in [1.807, 2.05) is 4.90 Å². The second-order valence-corrected chi connectivity index (χ2v) is 14.1. The van der Waals surface area contributed by atoms with Crippen LogP contribution in [-0.4, -0.2) is 28.9 Å². The van der Waals surface area contributed by atoms with Gasteiger partial charge in [-0.15, -0.1) is 0 Å². The molecule has 0 bridgehead atoms. The molecule has 190 valence electrons. The van der Waals surface area contributed by atoms with Crippen molar-refractivity contribution in [2.75, 3.05) is 6.54 Å². The first-order valence-corrected chi connectivity index (χ1v) is 14.0. The number of ketones is 1. The van der Waals surface area contributed by atoms with Crippen molar-refractivity contribution in [3.8, 4) is 0 Å². The van der Waals surface area contributed by atoms with E-state index in [1.54, 1.807) is 0 Å². The highest BCUT2D eigenvalue weighted by molar-refractivity contribution is 5.92. The van der Waals surface area contributed by atoms with E-state index in [0.29, 0.717) is 41.4 Å². The number of carbonyl (C=O) groups is 2. The molecule has 5 fully saturated rings. The fourth-order valence-corrected chi connectivity index (χ4v) is 9.67. The lowest BCUT2D eigenvalue weighted by Gasteiger charge is -2.61. The fraction of sp³-hybridized carbons (Fsp3) is 0.742. The van der Waals surface area contributed by atoms with E-state index >= 15 is 0 Å². The third-order valence-electron chi connectivity index (χ3n) is 11.6. The van der Waals surface area contributed by atoms with Gasteiger partial charge in [-0.3, -0.25) is 9.69 Å². The van der Waals surface area contributed by atoms with Gasteiger partial charge in [-0.25, -0.2) is 4.79 Å². The Labute approximate surface area is 211 Å². The molecule has 0 N–H and O–H groups in total. The lowest BCUT2D eigenvalue weighted by atomic mass is 9.44. The third kappa shape index (κ3) is 3.44. The molecule has 1 amide bonds. The van der Waals surface area contributed by atoms with Crippen LogP contribution in [0, 0.1) is 46.8 Å². The van der Waals surface area contributed by atoms with E-state index in [0.717, 1.165) is 38.6 Å². The van der Waals surface area contributed by atoms with Gasteiger partial charge < -0.3 is 4.74 Å². The normalized spacial score (nSPS) is 44.1. The second-order valence-electron chi connectivity index (χ2n) is 14.1. The Morgan fingerprint density at radius 2 is 1.66 bits per heavy atom. The fourth-order valence-electron chi connectivity index (χ4n) is 9.67. The molecule has 1 saturated heterocycles. The van der Waals surface area contributed by atoms with Gasteiger partial charge >= 0.3 is 6.09 Å². The van der Waals surface area contributed by atoms with E-state index in [9.17, 15) is 9.59 Å². The number of nitrogens with zero attached hydrogens (tertiary/aromatic N) is 1. The van der Waals surface area contributed by atoms with Crippen LogP contribution in [0.25, 0.3) is 0 Å². The molecule has 7 atom stereocenters. The van der Waals surface area contributed by atoms with Crippen LogP contribution >= 0.6 is 0 Å². The van der Waals surface area contributed by atoms with Gasteiger partial charge in [0.1, 0.15) is 11.4 Å². The largest absolute Gasteiger partial charge is 0.441 e. The van der Waals surface area contributed by atoms with Crippen LogP contribution in [0.4, 0.5) is 4.79 Å². The monoisotopic (exact) mass is 477 g/mol. The minimum atomic E-state index is -0.312. The minimum Gasteiger partial charge on any atom is -0.441 e. The maximum absolute atomic E-state index is 13.3. The number of Topliss-reactive ketones (excluding diaryl/α,β-unsaturated/α-hetero) is 1. The summed E-state index contributed by atoms with van der Waals surface area (Å²) in [5, 5.41) is 0. The van der Waals surface area contributed by atoms with Crippen LogP contribution in [0.15, 0.2) is 24.3 Å². The lowest BCUT2D eigenvalue weighted by molar-refractivity contribution is -0.150. The zero-order valence-electron chi connectivity index (χ0n) is 22.4. The lowest BCUT2D eigenvalue weighted by Crippen LogP contribution is -2.56. The molecule has 1 aliphatic heterocycles. The van der Waals surface area contributed by atoms with Crippen molar-refractivity contribution in [1.29, 1.82) is 0 Å². The molecular formula is C31H43NO3.